The monoisotopic (exact) mass is 393 g/mol. The molecular weight excluding hydrogens is 378 g/mol. The zero-order valence-electron chi connectivity index (χ0n) is 13.6. The first-order valence-electron chi connectivity index (χ1n) is 7.88. The molecule has 0 fully saturated rings. The van der Waals surface area contributed by atoms with Gasteiger partial charge in [0.25, 0.3) is 5.91 Å². The second-order valence-corrected chi connectivity index (χ2v) is 7.20. The number of amides is 3. The molecule has 1 unspecified atom stereocenters. The van der Waals surface area contributed by atoms with Gasteiger partial charge in [-0.15, -0.1) is 11.8 Å². The van der Waals surface area contributed by atoms with Crippen LogP contribution in [0.1, 0.15) is 17.0 Å². The quantitative estimate of drug-likeness (QED) is 0.654. The molecule has 0 saturated heterocycles. The fourth-order valence-electron chi connectivity index (χ4n) is 2.37. The lowest BCUT2D eigenvalue weighted by Gasteiger charge is -2.23. The Morgan fingerprint density at radius 3 is 2.81 bits per heavy atom. The molecule has 0 radical (unpaired) electrons. The molecule has 3 N–H and O–H groups in total. The molecule has 0 aliphatic carbocycles. The minimum Gasteiger partial charge on any atom is -0.459 e. The minimum atomic E-state index is -0.513. The molecule has 1 aromatic carbocycles. The van der Waals surface area contributed by atoms with Crippen LogP contribution in [-0.4, -0.2) is 36.1 Å². The maximum atomic E-state index is 12.1. The molecule has 1 aromatic heterocycles. The molecule has 0 spiro atoms. The second-order valence-electron chi connectivity index (χ2n) is 5.52. The highest BCUT2D eigenvalue weighted by Gasteiger charge is 2.29. The number of hydrogen-bond acceptors (Lipinski definition) is 5. The summed E-state index contributed by atoms with van der Waals surface area (Å²) in [5.74, 6) is -0.625. The number of fused-ring (bicyclic) bond motifs is 1. The van der Waals surface area contributed by atoms with Gasteiger partial charge in [-0.05, 0) is 30.3 Å². The van der Waals surface area contributed by atoms with E-state index in [9.17, 15) is 14.4 Å². The zero-order chi connectivity index (χ0) is 18.5. The number of benzene rings is 1. The molecule has 1 aliphatic rings. The van der Waals surface area contributed by atoms with E-state index in [1.807, 2.05) is 6.07 Å². The molecule has 136 valence electrons. The molecule has 3 amide bonds. The number of rotatable bonds is 6. The van der Waals surface area contributed by atoms with Crippen molar-refractivity contribution in [1.29, 1.82) is 0 Å². The van der Waals surface area contributed by atoms with E-state index in [4.69, 9.17) is 16.0 Å². The standard InChI is InChI=1S/C17H16ClN3O4S/c18-10-3-4-13-11(8-10)21-17(24)14(26-13)9-15(22)19-5-6-20-16(23)12-2-1-7-25-12/h1-4,7-8,14H,5-6,9H2,(H,19,22)(H,20,23)(H,21,24). The Kier molecular flexibility index (Phi) is 5.85. The van der Waals surface area contributed by atoms with Crippen LogP contribution in [0.3, 0.4) is 0 Å². The van der Waals surface area contributed by atoms with Crippen molar-refractivity contribution in [3.63, 3.8) is 0 Å². The third kappa shape index (κ3) is 4.59. The molecule has 1 aliphatic heterocycles. The highest BCUT2D eigenvalue weighted by Crippen LogP contribution is 2.38. The lowest BCUT2D eigenvalue weighted by atomic mass is 10.2. The van der Waals surface area contributed by atoms with Gasteiger partial charge >= 0.3 is 0 Å². The van der Waals surface area contributed by atoms with Gasteiger partial charge < -0.3 is 20.4 Å². The van der Waals surface area contributed by atoms with E-state index in [1.165, 1.54) is 18.0 Å². The normalized spacial score (nSPS) is 15.7. The number of furan rings is 1. The zero-order valence-corrected chi connectivity index (χ0v) is 15.2. The molecule has 1 atom stereocenters. The maximum Gasteiger partial charge on any atom is 0.287 e. The molecule has 2 aromatic rings. The fraction of sp³-hybridized carbons (Fsp3) is 0.235. The van der Waals surface area contributed by atoms with Crippen LogP contribution in [-0.2, 0) is 9.59 Å². The van der Waals surface area contributed by atoms with Crippen molar-refractivity contribution in [2.45, 2.75) is 16.6 Å². The lowest BCUT2D eigenvalue weighted by Crippen LogP contribution is -2.38. The smallest absolute Gasteiger partial charge is 0.287 e. The molecule has 2 heterocycles. The van der Waals surface area contributed by atoms with Crippen molar-refractivity contribution < 1.29 is 18.8 Å². The number of nitrogens with one attached hydrogen (secondary N) is 3. The van der Waals surface area contributed by atoms with E-state index >= 15 is 0 Å². The van der Waals surface area contributed by atoms with Crippen LogP contribution < -0.4 is 16.0 Å². The fourth-order valence-corrected chi connectivity index (χ4v) is 3.63. The SMILES string of the molecule is O=C(CC1Sc2ccc(Cl)cc2NC1=O)NCCNC(=O)c1ccco1. The summed E-state index contributed by atoms with van der Waals surface area (Å²) in [4.78, 5) is 36.7. The molecule has 7 nitrogen and oxygen atoms in total. The van der Waals surface area contributed by atoms with Crippen LogP contribution in [0.4, 0.5) is 5.69 Å². The molecule has 26 heavy (non-hydrogen) atoms. The Hall–Kier alpha value is -2.45. The summed E-state index contributed by atoms with van der Waals surface area (Å²) in [5.41, 5.74) is 0.657. The van der Waals surface area contributed by atoms with Crippen molar-refractivity contribution in [3.8, 4) is 0 Å². The van der Waals surface area contributed by atoms with Crippen LogP contribution in [0.15, 0.2) is 45.9 Å². The van der Waals surface area contributed by atoms with Crippen molar-refractivity contribution in [1.82, 2.24) is 10.6 Å². The number of carbonyl (C=O) groups is 3. The largest absolute Gasteiger partial charge is 0.459 e. The van der Waals surface area contributed by atoms with Gasteiger partial charge in [0.05, 0.1) is 17.2 Å². The predicted molar refractivity (Wildman–Crippen MR) is 98.4 cm³/mol. The Balaban J connectivity index is 1.43. The third-order valence-electron chi connectivity index (χ3n) is 3.61. The number of halogens is 1. The van der Waals surface area contributed by atoms with E-state index in [1.54, 1.807) is 24.3 Å². The van der Waals surface area contributed by atoms with Crippen LogP contribution in [0.25, 0.3) is 0 Å². The third-order valence-corrected chi connectivity index (χ3v) is 5.12. The first kappa shape index (κ1) is 18.3. The Morgan fingerprint density at radius 1 is 1.23 bits per heavy atom. The first-order valence-corrected chi connectivity index (χ1v) is 9.14. The lowest BCUT2D eigenvalue weighted by molar-refractivity contribution is -0.124. The van der Waals surface area contributed by atoms with Crippen LogP contribution in [0.5, 0.6) is 0 Å². The van der Waals surface area contributed by atoms with Gasteiger partial charge in [0.15, 0.2) is 5.76 Å². The molecule has 0 saturated carbocycles. The minimum absolute atomic E-state index is 0.0463. The highest BCUT2D eigenvalue weighted by molar-refractivity contribution is 8.01. The van der Waals surface area contributed by atoms with E-state index in [-0.39, 0.29) is 43.0 Å². The van der Waals surface area contributed by atoms with Crippen molar-refractivity contribution in [2.24, 2.45) is 0 Å². The van der Waals surface area contributed by atoms with Gasteiger partial charge in [0, 0.05) is 29.4 Å². The Bertz CT molecular complexity index is 825. The first-order chi connectivity index (χ1) is 12.5. The van der Waals surface area contributed by atoms with Gasteiger partial charge in [0.1, 0.15) is 0 Å². The van der Waals surface area contributed by atoms with E-state index in [2.05, 4.69) is 16.0 Å². The van der Waals surface area contributed by atoms with Gasteiger partial charge in [-0.2, -0.15) is 0 Å². The predicted octanol–water partition coefficient (Wildman–Crippen LogP) is 2.28. The van der Waals surface area contributed by atoms with Crippen molar-refractivity contribution in [3.05, 3.63) is 47.4 Å². The average molecular weight is 394 g/mol. The number of thioether (sulfide) groups is 1. The van der Waals surface area contributed by atoms with Crippen molar-refractivity contribution >= 4 is 46.8 Å². The summed E-state index contributed by atoms with van der Waals surface area (Å²) in [6.07, 6.45) is 1.46. The van der Waals surface area contributed by atoms with Gasteiger partial charge in [0.2, 0.25) is 11.8 Å². The Morgan fingerprint density at radius 2 is 2.04 bits per heavy atom. The Labute approximate surface area is 158 Å². The summed E-state index contributed by atoms with van der Waals surface area (Å²) in [7, 11) is 0. The van der Waals surface area contributed by atoms with E-state index in [0.29, 0.717) is 10.7 Å². The van der Waals surface area contributed by atoms with Crippen LogP contribution >= 0.6 is 23.4 Å². The topological polar surface area (TPSA) is 100 Å². The summed E-state index contributed by atoms with van der Waals surface area (Å²) < 4.78 is 4.97. The summed E-state index contributed by atoms with van der Waals surface area (Å²) in [6, 6.07) is 8.41. The summed E-state index contributed by atoms with van der Waals surface area (Å²) in [5, 5.41) is 8.10. The molecule has 0 bridgehead atoms. The molecule has 3 rings (SSSR count). The summed E-state index contributed by atoms with van der Waals surface area (Å²) in [6.45, 7) is 0.521. The molecule has 9 heteroatoms. The van der Waals surface area contributed by atoms with Gasteiger partial charge in [-0.3, -0.25) is 14.4 Å². The highest BCUT2D eigenvalue weighted by atomic mass is 35.5. The maximum absolute atomic E-state index is 12.1. The second kappa shape index (κ2) is 8.29. The number of carbonyl (C=O) groups excluding carboxylic acids is 3. The summed E-state index contributed by atoms with van der Waals surface area (Å²) >= 11 is 7.24. The van der Waals surface area contributed by atoms with Crippen LogP contribution in [0.2, 0.25) is 5.02 Å². The average Bonchev–Trinajstić information content (AvgIpc) is 3.14. The van der Waals surface area contributed by atoms with Crippen LogP contribution in [0, 0.1) is 0 Å². The van der Waals surface area contributed by atoms with Gasteiger partial charge in [-0.25, -0.2) is 0 Å². The van der Waals surface area contributed by atoms with Crippen molar-refractivity contribution in [2.75, 3.05) is 18.4 Å². The van der Waals surface area contributed by atoms with E-state index in [0.717, 1.165) is 4.90 Å². The van der Waals surface area contributed by atoms with Gasteiger partial charge in [-0.1, -0.05) is 11.6 Å². The number of hydrogen-bond donors (Lipinski definition) is 3. The molecular formula is C17H16ClN3O4S. The van der Waals surface area contributed by atoms with E-state index < -0.39 is 5.25 Å². The number of anilines is 1.